The number of rotatable bonds is 3. The van der Waals surface area contributed by atoms with Gasteiger partial charge in [0.05, 0.1) is 0 Å². The predicted octanol–water partition coefficient (Wildman–Crippen LogP) is 1.65. The van der Waals surface area contributed by atoms with Crippen LogP contribution in [-0.2, 0) is 6.54 Å². The zero-order valence-corrected chi connectivity index (χ0v) is 11.6. The molecule has 2 rings (SSSR count). The first-order chi connectivity index (χ1) is 8.16. The summed E-state index contributed by atoms with van der Waals surface area (Å²) in [5.41, 5.74) is 7.60. The van der Waals surface area contributed by atoms with E-state index >= 15 is 0 Å². The van der Waals surface area contributed by atoms with Gasteiger partial charge in [-0.15, -0.1) is 0 Å². The molecule has 1 unspecified atom stereocenters. The minimum absolute atomic E-state index is 0.389. The molecule has 1 aliphatic heterocycles. The quantitative estimate of drug-likeness (QED) is 0.844. The molecule has 0 spiro atoms. The molecule has 5 heteroatoms. The Bertz CT molecular complexity index is 408. The first-order valence-corrected chi connectivity index (χ1v) is 7.20. The van der Waals surface area contributed by atoms with E-state index in [1.54, 1.807) is 6.20 Å². The molecule has 0 aliphatic carbocycles. The van der Waals surface area contributed by atoms with Crippen LogP contribution in [0.2, 0.25) is 0 Å². The number of thioether (sulfide) groups is 1. The highest BCUT2D eigenvalue weighted by Gasteiger charge is 2.18. The van der Waals surface area contributed by atoms with Crippen LogP contribution in [0.5, 0.6) is 0 Å². The maximum atomic E-state index is 5.69. The van der Waals surface area contributed by atoms with Gasteiger partial charge < -0.3 is 5.73 Å². The summed E-state index contributed by atoms with van der Waals surface area (Å²) in [5, 5.41) is 0.702. The van der Waals surface area contributed by atoms with Crippen molar-refractivity contribution >= 4 is 29.0 Å². The second-order valence-electron chi connectivity index (χ2n) is 4.29. The van der Waals surface area contributed by atoms with Crippen LogP contribution in [0.1, 0.15) is 18.2 Å². The third-order valence-electron chi connectivity index (χ3n) is 2.84. The lowest BCUT2D eigenvalue weighted by molar-refractivity contribution is 0.278. The van der Waals surface area contributed by atoms with Gasteiger partial charge in [0.2, 0.25) is 0 Å². The van der Waals surface area contributed by atoms with Gasteiger partial charge >= 0.3 is 0 Å². The van der Waals surface area contributed by atoms with Crippen LogP contribution < -0.4 is 5.73 Å². The lowest BCUT2D eigenvalue weighted by atomic mass is 10.1. The third kappa shape index (κ3) is 3.40. The minimum atomic E-state index is 0.389. The number of thiocarbonyl (C=S) groups is 1. The fraction of sp³-hybridized carbons (Fsp3) is 0.500. The van der Waals surface area contributed by atoms with Crippen LogP contribution in [-0.4, -0.2) is 39.0 Å². The van der Waals surface area contributed by atoms with Gasteiger partial charge in [-0.3, -0.25) is 9.88 Å². The van der Waals surface area contributed by atoms with E-state index in [4.69, 9.17) is 18.0 Å². The van der Waals surface area contributed by atoms with E-state index in [2.05, 4.69) is 22.9 Å². The number of aromatic nitrogens is 1. The number of hydrogen-bond acceptors (Lipinski definition) is 4. The van der Waals surface area contributed by atoms with Crippen molar-refractivity contribution in [2.45, 2.75) is 18.7 Å². The van der Waals surface area contributed by atoms with Crippen molar-refractivity contribution in [3.05, 3.63) is 29.6 Å². The van der Waals surface area contributed by atoms with Crippen LogP contribution in [0.4, 0.5) is 0 Å². The van der Waals surface area contributed by atoms with Gasteiger partial charge in [-0.05, 0) is 11.6 Å². The van der Waals surface area contributed by atoms with Crippen molar-refractivity contribution < 1.29 is 0 Å². The Morgan fingerprint density at radius 3 is 3.24 bits per heavy atom. The lowest BCUT2D eigenvalue weighted by Gasteiger charge is -2.30. The highest BCUT2D eigenvalue weighted by atomic mass is 32.2. The minimum Gasteiger partial charge on any atom is -0.388 e. The van der Waals surface area contributed by atoms with Crippen molar-refractivity contribution in [1.29, 1.82) is 0 Å². The van der Waals surface area contributed by atoms with Crippen LogP contribution in [0.15, 0.2) is 18.3 Å². The molecule has 92 valence electrons. The Morgan fingerprint density at radius 2 is 2.53 bits per heavy atom. The molecule has 1 aliphatic rings. The predicted molar refractivity (Wildman–Crippen MR) is 77.3 cm³/mol. The van der Waals surface area contributed by atoms with Gasteiger partial charge in [0.1, 0.15) is 10.7 Å². The second kappa shape index (κ2) is 5.80. The summed E-state index contributed by atoms with van der Waals surface area (Å²) < 4.78 is 0. The summed E-state index contributed by atoms with van der Waals surface area (Å²) in [6, 6.07) is 4.01. The highest BCUT2D eigenvalue weighted by molar-refractivity contribution is 7.99. The molecule has 1 aromatic rings. The third-order valence-corrected chi connectivity index (χ3v) is 4.17. The molecule has 0 saturated carbocycles. The first-order valence-electron chi connectivity index (χ1n) is 5.74. The Labute approximate surface area is 112 Å². The molecule has 17 heavy (non-hydrogen) atoms. The number of nitrogens with zero attached hydrogens (tertiary/aromatic N) is 2. The molecular weight excluding hydrogens is 250 g/mol. The van der Waals surface area contributed by atoms with E-state index < -0.39 is 0 Å². The number of nitrogens with two attached hydrogens (primary N) is 1. The zero-order chi connectivity index (χ0) is 12.3. The highest BCUT2D eigenvalue weighted by Crippen LogP contribution is 2.20. The molecular formula is C12H17N3S2. The molecule has 0 radical (unpaired) electrons. The van der Waals surface area contributed by atoms with Crippen molar-refractivity contribution in [1.82, 2.24) is 9.88 Å². The summed E-state index contributed by atoms with van der Waals surface area (Å²) in [6.07, 6.45) is 1.74. The Morgan fingerprint density at radius 1 is 1.71 bits per heavy atom. The van der Waals surface area contributed by atoms with Crippen LogP contribution in [0.25, 0.3) is 0 Å². The molecule has 1 aromatic heterocycles. The first kappa shape index (κ1) is 12.8. The molecule has 1 saturated heterocycles. The smallest absolute Gasteiger partial charge is 0.123 e. The van der Waals surface area contributed by atoms with Crippen LogP contribution in [0.3, 0.4) is 0 Å². The molecule has 0 aromatic carbocycles. The fourth-order valence-electron chi connectivity index (χ4n) is 2.06. The SMILES string of the molecule is CC1CN(Cc2cccnc2C(N)=S)CCS1. The average Bonchev–Trinajstić information content (AvgIpc) is 2.29. The van der Waals surface area contributed by atoms with Crippen LogP contribution in [0, 0.1) is 0 Å². The van der Waals surface area contributed by atoms with Crippen molar-refractivity contribution in [3.8, 4) is 0 Å². The normalized spacial score (nSPS) is 21.4. The monoisotopic (exact) mass is 267 g/mol. The molecule has 2 N–H and O–H groups in total. The Kier molecular flexibility index (Phi) is 4.36. The van der Waals surface area contributed by atoms with E-state index in [1.165, 1.54) is 5.75 Å². The maximum Gasteiger partial charge on any atom is 0.123 e. The summed E-state index contributed by atoms with van der Waals surface area (Å²) in [6.45, 7) is 5.41. The summed E-state index contributed by atoms with van der Waals surface area (Å²) in [5.74, 6) is 1.20. The largest absolute Gasteiger partial charge is 0.388 e. The molecule has 0 amide bonds. The molecule has 0 bridgehead atoms. The number of hydrogen-bond donors (Lipinski definition) is 1. The van der Waals surface area contributed by atoms with Crippen molar-refractivity contribution in [2.75, 3.05) is 18.8 Å². The standard InChI is InChI=1S/C12H17N3S2/c1-9-7-15(5-6-17-9)8-10-3-2-4-14-11(10)12(13)16/h2-4,9H,5-8H2,1H3,(H2,13,16). The fourth-order valence-corrected chi connectivity index (χ4v) is 3.33. The maximum absolute atomic E-state index is 5.69. The van der Waals surface area contributed by atoms with Crippen molar-refractivity contribution in [2.24, 2.45) is 5.73 Å². The Hall–Kier alpha value is -0.650. The van der Waals surface area contributed by atoms with Gasteiger partial charge in [-0.2, -0.15) is 11.8 Å². The molecule has 3 nitrogen and oxygen atoms in total. The topological polar surface area (TPSA) is 42.2 Å². The lowest BCUT2D eigenvalue weighted by Crippen LogP contribution is -2.36. The van der Waals surface area contributed by atoms with E-state index in [9.17, 15) is 0 Å². The number of pyridine rings is 1. The van der Waals surface area contributed by atoms with Gasteiger partial charge in [0.25, 0.3) is 0 Å². The van der Waals surface area contributed by atoms with Crippen molar-refractivity contribution in [3.63, 3.8) is 0 Å². The summed E-state index contributed by atoms with van der Waals surface area (Å²) >= 11 is 7.07. The Balaban J connectivity index is 2.10. The molecule has 1 atom stereocenters. The average molecular weight is 267 g/mol. The van der Waals surface area contributed by atoms with E-state index in [0.29, 0.717) is 10.2 Å². The summed E-state index contributed by atoms with van der Waals surface area (Å²) in [4.78, 5) is 7.10. The van der Waals surface area contributed by atoms with Gasteiger partial charge in [0.15, 0.2) is 0 Å². The molecule has 1 fully saturated rings. The molecule has 2 heterocycles. The van der Waals surface area contributed by atoms with E-state index in [-0.39, 0.29) is 0 Å². The van der Waals surface area contributed by atoms with E-state index in [1.807, 2.05) is 17.8 Å². The second-order valence-corrected chi connectivity index (χ2v) is 6.28. The van der Waals surface area contributed by atoms with Gasteiger partial charge in [0, 0.05) is 36.8 Å². The van der Waals surface area contributed by atoms with Crippen LogP contribution >= 0.6 is 24.0 Å². The van der Waals surface area contributed by atoms with E-state index in [0.717, 1.165) is 30.9 Å². The van der Waals surface area contributed by atoms with Gasteiger partial charge in [-0.1, -0.05) is 25.2 Å². The summed E-state index contributed by atoms with van der Waals surface area (Å²) in [7, 11) is 0. The van der Waals surface area contributed by atoms with Gasteiger partial charge in [-0.25, -0.2) is 0 Å². The zero-order valence-electron chi connectivity index (χ0n) is 9.93.